The lowest BCUT2D eigenvalue weighted by molar-refractivity contribution is 0.212. The summed E-state index contributed by atoms with van der Waals surface area (Å²) < 4.78 is 32.9. The minimum absolute atomic E-state index is 0.0118. The third kappa shape index (κ3) is 3.89. The summed E-state index contributed by atoms with van der Waals surface area (Å²) in [6.07, 6.45) is 3.93. The zero-order valence-corrected chi connectivity index (χ0v) is 13.7. The Morgan fingerprint density at radius 3 is 2.71 bits per heavy atom. The summed E-state index contributed by atoms with van der Waals surface area (Å²) in [4.78, 5) is 0.192. The van der Waals surface area contributed by atoms with Crippen LogP contribution in [-0.2, 0) is 10.0 Å². The summed E-state index contributed by atoms with van der Waals surface area (Å²) in [7, 11) is -2.07. The predicted molar refractivity (Wildman–Crippen MR) is 83.8 cm³/mol. The van der Waals surface area contributed by atoms with E-state index in [2.05, 4.69) is 18.6 Å². The number of hydrogen-bond acceptors (Lipinski definition) is 4. The van der Waals surface area contributed by atoms with Crippen molar-refractivity contribution < 1.29 is 13.2 Å². The van der Waals surface area contributed by atoms with Gasteiger partial charge in [0.05, 0.1) is 17.7 Å². The van der Waals surface area contributed by atoms with Crippen LogP contribution in [0.2, 0.25) is 0 Å². The molecular formula is C15H24N2O3S. The van der Waals surface area contributed by atoms with Gasteiger partial charge in [-0.15, -0.1) is 0 Å². The number of nitrogen functional groups attached to an aromatic ring is 1. The van der Waals surface area contributed by atoms with Crippen LogP contribution in [0, 0.1) is 5.41 Å². The maximum absolute atomic E-state index is 12.5. The van der Waals surface area contributed by atoms with E-state index < -0.39 is 10.0 Å². The van der Waals surface area contributed by atoms with Gasteiger partial charge in [-0.25, -0.2) is 13.1 Å². The molecule has 21 heavy (non-hydrogen) atoms. The summed E-state index contributed by atoms with van der Waals surface area (Å²) in [5.41, 5.74) is 6.33. The number of sulfonamides is 1. The van der Waals surface area contributed by atoms with Crippen LogP contribution in [0.25, 0.3) is 0 Å². The number of nitrogens with two attached hydrogens (primary N) is 1. The molecule has 118 valence electrons. The molecule has 1 aromatic carbocycles. The molecule has 1 saturated carbocycles. The van der Waals surface area contributed by atoms with Gasteiger partial charge in [-0.1, -0.05) is 20.3 Å². The molecule has 0 amide bonds. The van der Waals surface area contributed by atoms with E-state index in [4.69, 9.17) is 10.5 Å². The molecule has 1 unspecified atom stereocenters. The third-order valence-corrected chi connectivity index (χ3v) is 5.56. The summed E-state index contributed by atoms with van der Waals surface area (Å²) in [5, 5.41) is 0. The first-order valence-corrected chi connectivity index (χ1v) is 8.68. The Morgan fingerprint density at radius 2 is 2.10 bits per heavy atom. The molecule has 6 heteroatoms. The molecule has 0 spiro atoms. The summed E-state index contributed by atoms with van der Waals surface area (Å²) in [6.45, 7) is 4.36. The highest BCUT2D eigenvalue weighted by Crippen LogP contribution is 2.35. The molecule has 0 heterocycles. The van der Waals surface area contributed by atoms with Gasteiger partial charge in [0, 0.05) is 12.1 Å². The maximum Gasteiger partial charge on any atom is 0.240 e. The minimum Gasteiger partial charge on any atom is -0.495 e. The van der Waals surface area contributed by atoms with Gasteiger partial charge in [-0.05, 0) is 36.8 Å². The zero-order valence-electron chi connectivity index (χ0n) is 12.8. The van der Waals surface area contributed by atoms with Gasteiger partial charge in [-0.3, -0.25) is 0 Å². The summed E-state index contributed by atoms with van der Waals surface area (Å²) in [5.74, 6) is 0.377. The van der Waals surface area contributed by atoms with Crippen LogP contribution < -0.4 is 15.2 Å². The Balaban J connectivity index is 2.18. The molecule has 0 bridgehead atoms. The summed E-state index contributed by atoms with van der Waals surface area (Å²) in [6, 6.07) is 4.51. The molecule has 1 aliphatic rings. The van der Waals surface area contributed by atoms with Gasteiger partial charge >= 0.3 is 0 Å². The number of methoxy groups -OCH3 is 1. The number of anilines is 1. The van der Waals surface area contributed by atoms with Crippen LogP contribution in [0.5, 0.6) is 5.75 Å². The second kappa shape index (κ2) is 5.85. The molecule has 1 aromatic rings. The maximum atomic E-state index is 12.5. The van der Waals surface area contributed by atoms with Gasteiger partial charge in [0.1, 0.15) is 5.75 Å². The average molecular weight is 312 g/mol. The molecule has 5 nitrogen and oxygen atoms in total. The van der Waals surface area contributed by atoms with Crippen molar-refractivity contribution >= 4 is 15.7 Å². The second-order valence-electron chi connectivity index (χ2n) is 6.48. The first-order valence-electron chi connectivity index (χ1n) is 7.19. The lowest BCUT2D eigenvalue weighted by atomic mass is 9.75. The van der Waals surface area contributed by atoms with E-state index in [9.17, 15) is 8.42 Å². The number of benzene rings is 1. The standard InChI is InChI=1S/C15H24N2O3S/c1-15(2)8-4-5-11(10-15)17-21(18,19)12-6-7-13(16)14(9-12)20-3/h6-7,9,11,17H,4-5,8,10,16H2,1-3H3. The smallest absolute Gasteiger partial charge is 0.240 e. The highest BCUT2D eigenvalue weighted by Gasteiger charge is 2.31. The fraction of sp³-hybridized carbons (Fsp3) is 0.600. The number of rotatable bonds is 4. The fourth-order valence-electron chi connectivity index (χ4n) is 2.94. The molecule has 1 atom stereocenters. The van der Waals surface area contributed by atoms with Crippen LogP contribution in [0.3, 0.4) is 0 Å². The molecule has 0 saturated heterocycles. The Morgan fingerprint density at radius 1 is 1.38 bits per heavy atom. The van der Waals surface area contributed by atoms with Crippen molar-refractivity contribution in [2.75, 3.05) is 12.8 Å². The molecule has 0 radical (unpaired) electrons. The van der Waals surface area contributed by atoms with Crippen molar-refractivity contribution in [1.29, 1.82) is 0 Å². The molecular weight excluding hydrogens is 288 g/mol. The van der Waals surface area contributed by atoms with Crippen molar-refractivity contribution in [3.63, 3.8) is 0 Å². The monoisotopic (exact) mass is 312 g/mol. The van der Waals surface area contributed by atoms with Crippen molar-refractivity contribution in [1.82, 2.24) is 4.72 Å². The van der Waals surface area contributed by atoms with Crippen LogP contribution in [0.1, 0.15) is 39.5 Å². The van der Waals surface area contributed by atoms with Crippen LogP contribution >= 0.6 is 0 Å². The van der Waals surface area contributed by atoms with Crippen molar-refractivity contribution in [3.8, 4) is 5.75 Å². The van der Waals surface area contributed by atoms with Gasteiger partial charge in [-0.2, -0.15) is 0 Å². The van der Waals surface area contributed by atoms with Crippen molar-refractivity contribution in [2.45, 2.75) is 50.5 Å². The van der Waals surface area contributed by atoms with Crippen molar-refractivity contribution in [3.05, 3.63) is 18.2 Å². The molecule has 0 aromatic heterocycles. The first-order chi connectivity index (χ1) is 9.73. The highest BCUT2D eigenvalue weighted by molar-refractivity contribution is 7.89. The van der Waals surface area contributed by atoms with E-state index in [0.717, 1.165) is 25.7 Å². The lowest BCUT2D eigenvalue weighted by Gasteiger charge is -2.35. The zero-order chi connectivity index (χ0) is 15.7. The third-order valence-electron chi connectivity index (χ3n) is 4.04. The molecule has 0 aliphatic heterocycles. The van der Waals surface area contributed by atoms with Gasteiger partial charge < -0.3 is 10.5 Å². The Hall–Kier alpha value is -1.27. The van der Waals surface area contributed by atoms with Crippen LogP contribution in [0.4, 0.5) is 5.69 Å². The average Bonchev–Trinajstić information content (AvgIpc) is 2.37. The lowest BCUT2D eigenvalue weighted by Crippen LogP contribution is -2.40. The van der Waals surface area contributed by atoms with E-state index in [1.165, 1.54) is 19.2 Å². The Bertz CT molecular complexity index is 611. The molecule has 3 N–H and O–H groups in total. The SMILES string of the molecule is COc1cc(S(=O)(=O)NC2CCCC(C)(C)C2)ccc1N. The van der Waals surface area contributed by atoms with E-state index >= 15 is 0 Å². The largest absolute Gasteiger partial charge is 0.495 e. The van der Waals surface area contributed by atoms with E-state index in [1.807, 2.05) is 0 Å². The van der Waals surface area contributed by atoms with Crippen LogP contribution in [0.15, 0.2) is 23.1 Å². The highest BCUT2D eigenvalue weighted by atomic mass is 32.2. The normalized spacial score (nSPS) is 22.0. The first kappa shape index (κ1) is 16.1. The van der Waals surface area contributed by atoms with E-state index in [0.29, 0.717) is 11.4 Å². The van der Waals surface area contributed by atoms with E-state index in [1.54, 1.807) is 6.07 Å². The van der Waals surface area contributed by atoms with Gasteiger partial charge in [0.2, 0.25) is 10.0 Å². The quantitative estimate of drug-likeness (QED) is 0.837. The second-order valence-corrected chi connectivity index (χ2v) is 8.20. The molecule has 2 rings (SSSR count). The van der Waals surface area contributed by atoms with Crippen molar-refractivity contribution in [2.24, 2.45) is 5.41 Å². The molecule has 1 fully saturated rings. The topological polar surface area (TPSA) is 81.4 Å². The van der Waals surface area contributed by atoms with E-state index in [-0.39, 0.29) is 16.4 Å². The fourth-order valence-corrected chi connectivity index (χ4v) is 4.23. The summed E-state index contributed by atoms with van der Waals surface area (Å²) >= 11 is 0. The number of hydrogen-bond donors (Lipinski definition) is 2. The number of nitrogens with one attached hydrogen (secondary N) is 1. The number of ether oxygens (including phenoxy) is 1. The minimum atomic E-state index is -3.54. The molecule has 1 aliphatic carbocycles. The van der Waals surface area contributed by atoms with Gasteiger partial charge in [0.15, 0.2) is 0 Å². The Kier molecular flexibility index (Phi) is 4.49. The predicted octanol–water partition coefficient (Wildman–Crippen LogP) is 2.52. The van der Waals surface area contributed by atoms with Crippen LogP contribution in [-0.4, -0.2) is 21.6 Å². The van der Waals surface area contributed by atoms with Gasteiger partial charge in [0.25, 0.3) is 0 Å². The Labute approximate surface area is 126 Å².